The number of hydrogen-bond acceptors (Lipinski definition) is 6. The highest BCUT2D eigenvalue weighted by molar-refractivity contribution is 7.14. The maximum atomic E-state index is 13.1. The molecule has 11 heteroatoms. The number of aromatic nitrogens is 5. The molecule has 1 N–H and O–H groups in total. The van der Waals surface area contributed by atoms with E-state index >= 15 is 0 Å². The number of aryl methyl sites for hydroxylation is 1. The number of carbonyl (C=O) groups is 1. The van der Waals surface area contributed by atoms with E-state index in [-0.39, 0.29) is 17.0 Å². The first kappa shape index (κ1) is 19.7. The largest absolute Gasteiger partial charge is 0.332 e. The average molecular weight is 428 g/mol. The van der Waals surface area contributed by atoms with Crippen molar-refractivity contribution in [3.8, 4) is 11.3 Å². The van der Waals surface area contributed by atoms with Gasteiger partial charge in [-0.05, 0) is 31.2 Å². The zero-order chi connectivity index (χ0) is 21.6. The molecule has 0 aliphatic heterocycles. The summed E-state index contributed by atoms with van der Waals surface area (Å²) in [5, 5.41) is 4.85. The van der Waals surface area contributed by atoms with Gasteiger partial charge in [-0.1, -0.05) is 0 Å². The molecule has 0 bridgehead atoms. The molecule has 3 aromatic heterocycles. The fourth-order valence-electron chi connectivity index (χ4n) is 3.08. The number of benzene rings is 1. The van der Waals surface area contributed by atoms with E-state index in [9.17, 15) is 18.8 Å². The third-order valence-corrected chi connectivity index (χ3v) is 5.60. The summed E-state index contributed by atoms with van der Waals surface area (Å²) in [6, 6.07) is 5.12. The van der Waals surface area contributed by atoms with E-state index in [2.05, 4.69) is 15.3 Å². The van der Waals surface area contributed by atoms with Crippen LogP contribution in [-0.4, -0.2) is 29.6 Å². The molecule has 0 aliphatic rings. The van der Waals surface area contributed by atoms with Crippen molar-refractivity contribution in [3.05, 3.63) is 62.6 Å². The van der Waals surface area contributed by atoms with Crippen molar-refractivity contribution in [2.75, 3.05) is 5.32 Å². The minimum absolute atomic E-state index is 0.161. The fourth-order valence-corrected chi connectivity index (χ4v) is 3.80. The number of hydrogen-bond donors (Lipinski definition) is 1. The molecule has 0 saturated heterocycles. The lowest BCUT2D eigenvalue weighted by molar-refractivity contribution is -0.118. The molecule has 3 heterocycles. The van der Waals surface area contributed by atoms with E-state index in [4.69, 9.17) is 0 Å². The lowest BCUT2D eigenvalue weighted by atomic mass is 10.2. The Morgan fingerprint density at radius 2 is 1.87 bits per heavy atom. The third-order valence-electron chi connectivity index (χ3n) is 4.84. The lowest BCUT2D eigenvalue weighted by Gasteiger charge is -2.13. The maximum Gasteiger partial charge on any atom is 0.332 e. The van der Waals surface area contributed by atoms with Crippen LogP contribution in [0, 0.1) is 5.82 Å². The van der Waals surface area contributed by atoms with Gasteiger partial charge in [0, 0.05) is 25.0 Å². The molecule has 1 amide bonds. The second-order valence-electron chi connectivity index (χ2n) is 6.74. The summed E-state index contributed by atoms with van der Waals surface area (Å²) in [4.78, 5) is 45.9. The van der Waals surface area contributed by atoms with Gasteiger partial charge in [0.1, 0.15) is 11.9 Å². The monoisotopic (exact) mass is 428 g/mol. The predicted molar refractivity (Wildman–Crippen MR) is 111 cm³/mol. The summed E-state index contributed by atoms with van der Waals surface area (Å²) in [6.07, 6.45) is 1.36. The van der Waals surface area contributed by atoms with Crippen LogP contribution in [0.2, 0.25) is 0 Å². The molecule has 0 aliphatic carbocycles. The summed E-state index contributed by atoms with van der Waals surface area (Å²) in [7, 11) is 2.89. The number of fused-ring (bicyclic) bond motifs is 1. The summed E-state index contributed by atoms with van der Waals surface area (Å²) in [5.41, 5.74) is 0.680. The first-order valence-electron chi connectivity index (χ1n) is 8.93. The topological polar surface area (TPSA) is 104 Å². The second kappa shape index (κ2) is 7.34. The molecule has 0 saturated carbocycles. The van der Waals surface area contributed by atoms with Crippen LogP contribution >= 0.6 is 11.3 Å². The molecular formula is C19H17FN6O3S. The van der Waals surface area contributed by atoms with Crippen molar-refractivity contribution in [1.29, 1.82) is 0 Å². The van der Waals surface area contributed by atoms with E-state index in [0.717, 1.165) is 10.1 Å². The van der Waals surface area contributed by atoms with Gasteiger partial charge in [0.15, 0.2) is 16.3 Å². The Bertz CT molecular complexity index is 1380. The minimum atomic E-state index is -0.779. The summed E-state index contributed by atoms with van der Waals surface area (Å²) in [5.74, 6) is -0.738. The number of rotatable bonds is 4. The highest BCUT2D eigenvalue weighted by Gasteiger charge is 2.22. The first-order chi connectivity index (χ1) is 14.3. The molecule has 9 nitrogen and oxygen atoms in total. The molecule has 4 aromatic rings. The van der Waals surface area contributed by atoms with E-state index in [1.165, 1.54) is 53.0 Å². The van der Waals surface area contributed by atoms with Gasteiger partial charge in [-0.3, -0.25) is 18.7 Å². The van der Waals surface area contributed by atoms with Gasteiger partial charge in [-0.2, -0.15) is 0 Å². The molecule has 30 heavy (non-hydrogen) atoms. The summed E-state index contributed by atoms with van der Waals surface area (Å²) < 4.78 is 16.8. The van der Waals surface area contributed by atoms with E-state index in [1.807, 2.05) is 0 Å². The number of halogens is 1. The van der Waals surface area contributed by atoms with Gasteiger partial charge in [0.2, 0.25) is 5.91 Å². The molecule has 0 spiro atoms. The smallest absolute Gasteiger partial charge is 0.312 e. The van der Waals surface area contributed by atoms with Crippen LogP contribution in [0.1, 0.15) is 13.0 Å². The van der Waals surface area contributed by atoms with Crippen molar-refractivity contribution in [3.63, 3.8) is 0 Å². The zero-order valence-corrected chi connectivity index (χ0v) is 17.1. The lowest BCUT2D eigenvalue weighted by Crippen LogP contribution is -2.38. The van der Waals surface area contributed by atoms with Gasteiger partial charge in [0.25, 0.3) is 5.56 Å². The minimum Gasteiger partial charge on any atom is -0.312 e. The van der Waals surface area contributed by atoms with Crippen LogP contribution < -0.4 is 16.6 Å². The molecular weight excluding hydrogens is 411 g/mol. The number of thiazole rings is 1. The standard InChI is InChI=1S/C19H17FN6O3S/c1-10(26-9-21-15-14(26)17(28)25(3)19(29)24(15)2)16(27)23-18-22-13(8-30-18)11-4-6-12(20)7-5-11/h4-10H,1-3H3,(H,22,23,27). The predicted octanol–water partition coefficient (Wildman–Crippen LogP) is 1.90. The number of anilines is 1. The highest BCUT2D eigenvalue weighted by Crippen LogP contribution is 2.26. The Kier molecular flexibility index (Phi) is 4.82. The van der Waals surface area contributed by atoms with Gasteiger partial charge in [0.05, 0.1) is 12.0 Å². The molecule has 1 atom stereocenters. The first-order valence-corrected chi connectivity index (χ1v) is 9.80. The highest BCUT2D eigenvalue weighted by atomic mass is 32.1. The Hall–Kier alpha value is -3.60. The Balaban J connectivity index is 1.62. The van der Waals surface area contributed by atoms with E-state index in [0.29, 0.717) is 10.8 Å². The van der Waals surface area contributed by atoms with Crippen LogP contribution in [-0.2, 0) is 18.9 Å². The molecule has 154 valence electrons. The Morgan fingerprint density at radius 3 is 2.57 bits per heavy atom. The van der Waals surface area contributed by atoms with Crippen LogP contribution in [0.4, 0.5) is 9.52 Å². The maximum absolute atomic E-state index is 13.1. The van der Waals surface area contributed by atoms with Crippen LogP contribution in [0.3, 0.4) is 0 Å². The third kappa shape index (κ3) is 3.22. The van der Waals surface area contributed by atoms with E-state index < -0.39 is 23.2 Å². The molecule has 0 fully saturated rings. The SMILES string of the molecule is CC(C(=O)Nc1nc(-c2ccc(F)cc2)cs1)n1cnc2c1c(=O)n(C)c(=O)n2C. The normalized spacial score (nSPS) is 12.3. The second-order valence-corrected chi connectivity index (χ2v) is 7.60. The van der Waals surface area contributed by atoms with Crippen molar-refractivity contribution in [2.45, 2.75) is 13.0 Å². The molecule has 0 radical (unpaired) electrons. The van der Waals surface area contributed by atoms with Gasteiger partial charge in [-0.25, -0.2) is 19.2 Å². The van der Waals surface area contributed by atoms with Gasteiger partial charge >= 0.3 is 5.69 Å². The summed E-state index contributed by atoms with van der Waals surface area (Å²) in [6.45, 7) is 1.62. The quantitative estimate of drug-likeness (QED) is 0.535. The molecule has 1 unspecified atom stereocenters. The van der Waals surface area contributed by atoms with Crippen molar-refractivity contribution < 1.29 is 9.18 Å². The number of imidazole rings is 1. The Morgan fingerprint density at radius 1 is 1.17 bits per heavy atom. The number of amides is 1. The Labute approximate surface area is 173 Å². The number of carbonyl (C=O) groups excluding carboxylic acids is 1. The number of nitrogens with zero attached hydrogens (tertiary/aromatic N) is 5. The van der Waals surface area contributed by atoms with Crippen molar-refractivity contribution in [2.24, 2.45) is 14.1 Å². The van der Waals surface area contributed by atoms with Crippen LogP contribution in [0.5, 0.6) is 0 Å². The number of nitrogens with one attached hydrogen (secondary N) is 1. The fraction of sp³-hybridized carbons (Fsp3) is 0.211. The van der Waals surface area contributed by atoms with E-state index in [1.54, 1.807) is 24.4 Å². The molecule has 4 rings (SSSR count). The molecule has 1 aromatic carbocycles. The van der Waals surface area contributed by atoms with Gasteiger partial charge in [-0.15, -0.1) is 11.3 Å². The van der Waals surface area contributed by atoms with Gasteiger partial charge < -0.3 is 9.88 Å². The summed E-state index contributed by atoms with van der Waals surface area (Å²) >= 11 is 1.23. The van der Waals surface area contributed by atoms with Crippen molar-refractivity contribution >= 4 is 33.5 Å². The van der Waals surface area contributed by atoms with Crippen LogP contribution in [0.25, 0.3) is 22.4 Å². The average Bonchev–Trinajstić information content (AvgIpc) is 3.38. The van der Waals surface area contributed by atoms with Crippen molar-refractivity contribution in [1.82, 2.24) is 23.7 Å². The zero-order valence-electron chi connectivity index (χ0n) is 16.3. The van der Waals surface area contributed by atoms with Crippen LogP contribution in [0.15, 0.2) is 45.6 Å².